The van der Waals surface area contributed by atoms with E-state index in [0.717, 1.165) is 6.54 Å². The van der Waals surface area contributed by atoms with E-state index in [1.165, 1.54) is 0 Å². The zero-order chi connectivity index (χ0) is 15.2. The molecule has 5 nitrogen and oxygen atoms in total. The van der Waals surface area contributed by atoms with Gasteiger partial charge in [-0.3, -0.25) is 9.59 Å². The molecule has 1 rings (SSSR count). The number of hydrogen-bond acceptors (Lipinski definition) is 3. The second kappa shape index (κ2) is 8.85. The molecule has 1 aliphatic heterocycles. The Morgan fingerprint density at radius 3 is 2.24 bits per heavy atom. The van der Waals surface area contributed by atoms with Gasteiger partial charge in [-0.05, 0) is 13.0 Å². The summed E-state index contributed by atoms with van der Waals surface area (Å²) in [5.41, 5.74) is -0.621. The van der Waals surface area contributed by atoms with Gasteiger partial charge in [0.05, 0.1) is 5.41 Å². The molecular formula is C15H26ClN3O2. The molecule has 0 bridgehead atoms. The smallest absolute Gasteiger partial charge is 0.230 e. The van der Waals surface area contributed by atoms with Gasteiger partial charge in [0, 0.05) is 40.2 Å². The van der Waals surface area contributed by atoms with E-state index < -0.39 is 5.41 Å². The SMILES string of the molecule is C=CCN(C)C(=O)CC1(C(=O)N(C)CC=C)CCNC1.Cl. The molecule has 0 aromatic carbocycles. The summed E-state index contributed by atoms with van der Waals surface area (Å²) in [6.07, 6.45) is 4.31. The van der Waals surface area contributed by atoms with Crippen molar-refractivity contribution in [1.29, 1.82) is 0 Å². The second-order valence-corrected chi connectivity index (χ2v) is 5.42. The second-order valence-electron chi connectivity index (χ2n) is 5.42. The van der Waals surface area contributed by atoms with Gasteiger partial charge in [-0.25, -0.2) is 0 Å². The summed E-state index contributed by atoms with van der Waals surface area (Å²) < 4.78 is 0. The van der Waals surface area contributed by atoms with Crippen LogP contribution >= 0.6 is 12.4 Å². The van der Waals surface area contributed by atoms with Crippen molar-refractivity contribution in [2.24, 2.45) is 5.41 Å². The maximum absolute atomic E-state index is 12.6. The van der Waals surface area contributed by atoms with Crippen LogP contribution in [0.4, 0.5) is 0 Å². The van der Waals surface area contributed by atoms with Crippen LogP contribution in [0.2, 0.25) is 0 Å². The summed E-state index contributed by atoms with van der Waals surface area (Å²) >= 11 is 0. The molecule has 0 spiro atoms. The number of nitrogens with zero attached hydrogens (tertiary/aromatic N) is 2. The third-order valence-electron chi connectivity index (χ3n) is 3.77. The molecule has 0 aromatic rings. The van der Waals surface area contributed by atoms with Crippen LogP contribution < -0.4 is 5.32 Å². The Bertz CT molecular complexity index is 392. The van der Waals surface area contributed by atoms with E-state index >= 15 is 0 Å². The minimum Gasteiger partial charge on any atom is -0.342 e. The average molecular weight is 316 g/mol. The number of rotatable bonds is 7. The molecule has 2 amide bonds. The van der Waals surface area contributed by atoms with E-state index in [9.17, 15) is 9.59 Å². The van der Waals surface area contributed by atoms with E-state index in [1.54, 1.807) is 36.0 Å². The average Bonchev–Trinajstić information content (AvgIpc) is 2.88. The largest absolute Gasteiger partial charge is 0.342 e. The van der Waals surface area contributed by atoms with Gasteiger partial charge in [-0.15, -0.1) is 25.6 Å². The maximum atomic E-state index is 12.6. The Kier molecular flexibility index (Phi) is 8.29. The van der Waals surface area contributed by atoms with E-state index in [2.05, 4.69) is 18.5 Å². The maximum Gasteiger partial charge on any atom is 0.230 e. The van der Waals surface area contributed by atoms with Gasteiger partial charge in [-0.1, -0.05) is 12.2 Å². The van der Waals surface area contributed by atoms with Crippen LogP contribution in [0.15, 0.2) is 25.3 Å². The van der Waals surface area contributed by atoms with Crippen LogP contribution in [0.25, 0.3) is 0 Å². The predicted octanol–water partition coefficient (Wildman–Crippen LogP) is 1.07. The first-order valence-corrected chi connectivity index (χ1v) is 6.89. The molecule has 1 aliphatic rings. The van der Waals surface area contributed by atoms with Crippen molar-refractivity contribution in [3.05, 3.63) is 25.3 Å². The lowest BCUT2D eigenvalue weighted by Crippen LogP contribution is -2.46. The zero-order valence-electron chi connectivity index (χ0n) is 12.9. The Morgan fingerprint density at radius 2 is 1.76 bits per heavy atom. The van der Waals surface area contributed by atoms with Crippen molar-refractivity contribution in [2.45, 2.75) is 12.8 Å². The van der Waals surface area contributed by atoms with E-state index in [1.807, 2.05) is 0 Å². The monoisotopic (exact) mass is 315 g/mol. The number of carbonyl (C=O) groups excluding carboxylic acids is 2. The molecule has 6 heteroatoms. The van der Waals surface area contributed by atoms with Gasteiger partial charge in [0.2, 0.25) is 11.8 Å². The van der Waals surface area contributed by atoms with Crippen LogP contribution in [0.5, 0.6) is 0 Å². The number of amides is 2. The lowest BCUT2D eigenvalue weighted by molar-refractivity contribution is -0.145. The normalized spacial score (nSPS) is 20.3. The van der Waals surface area contributed by atoms with Crippen molar-refractivity contribution >= 4 is 24.2 Å². The Morgan fingerprint density at radius 1 is 1.19 bits per heavy atom. The number of halogens is 1. The van der Waals surface area contributed by atoms with Gasteiger partial charge in [0.15, 0.2) is 0 Å². The molecule has 1 N–H and O–H groups in total. The molecule has 0 aliphatic carbocycles. The van der Waals surface area contributed by atoms with Crippen molar-refractivity contribution in [3.63, 3.8) is 0 Å². The van der Waals surface area contributed by atoms with Crippen LogP contribution in [-0.4, -0.2) is 61.9 Å². The molecule has 1 fully saturated rings. The summed E-state index contributed by atoms with van der Waals surface area (Å²) in [5, 5.41) is 3.20. The van der Waals surface area contributed by atoms with Crippen LogP contribution in [0, 0.1) is 5.41 Å². The van der Waals surface area contributed by atoms with Gasteiger partial charge in [0.25, 0.3) is 0 Å². The highest BCUT2D eigenvalue weighted by molar-refractivity contribution is 5.89. The summed E-state index contributed by atoms with van der Waals surface area (Å²) in [6, 6.07) is 0. The third-order valence-corrected chi connectivity index (χ3v) is 3.77. The fourth-order valence-electron chi connectivity index (χ4n) is 2.55. The first kappa shape index (κ1) is 19.7. The summed E-state index contributed by atoms with van der Waals surface area (Å²) in [4.78, 5) is 28.1. The number of hydrogen-bond donors (Lipinski definition) is 1. The Balaban J connectivity index is 0.00000400. The van der Waals surface area contributed by atoms with Gasteiger partial charge in [0.1, 0.15) is 0 Å². The fourth-order valence-corrected chi connectivity index (χ4v) is 2.55. The Labute approximate surface area is 133 Å². The summed E-state index contributed by atoms with van der Waals surface area (Å²) in [7, 11) is 3.49. The molecule has 1 unspecified atom stereocenters. The summed E-state index contributed by atoms with van der Waals surface area (Å²) in [5.74, 6) is -0.00305. The summed E-state index contributed by atoms with van der Waals surface area (Å²) in [6.45, 7) is 9.60. The molecule has 0 saturated carbocycles. The molecule has 0 aromatic heterocycles. The molecule has 1 atom stereocenters. The van der Waals surface area contributed by atoms with Crippen molar-refractivity contribution in [1.82, 2.24) is 15.1 Å². The van der Waals surface area contributed by atoms with Crippen LogP contribution in [-0.2, 0) is 9.59 Å². The third kappa shape index (κ3) is 4.86. The predicted molar refractivity (Wildman–Crippen MR) is 87.5 cm³/mol. The van der Waals surface area contributed by atoms with Gasteiger partial charge in [-0.2, -0.15) is 0 Å². The van der Waals surface area contributed by atoms with E-state index in [-0.39, 0.29) is 30.6 Å². The first-order chi connectivity index (χ1) is 9.46. The van der Waals surface area contributed by atoms with Crippen molar-refractivity contribution < 1.29 is 9.59 Å². The van der Waals surface area contributed by atoms with Gasteiger partial charge < -0.3 is 15.1 Å². The van der Waals surface area contributed by atoms with Crippen molar-refractivity contribution in [3.8, 4) is 0 Å². The minimum atomic E-state index is -0.621. The number of nitrogens with one attached hydrogen (secondary N) is 1. The lowest BCUT2D eigenvalue weighted by Gasteiger charge is -2.32. The van der Waals surface area contributed by atoms with Crippen molar-refractivity contribution in [2.75, 3.05) is 40.3 Å². The number of carbonyl (C=O) groups is 2. The molecule has 1 heterocycles. The quantitative estimate of drug-likeness (QED) is 0.715. The topological polar surface area (TPSA) is 52.7 Å². The molecule has 0 radical (unpaired) electrons. The van der Waals surface area contributed by atoms with Gasteiger partial charge >= 0.3 is 0 Å². The van der Waals surface area contributed by atoms with E-state index in [4.69, 9.17) is 0 Å². The lowest BCUT2D eigenvalue weighted by atomic mass is 9.81. The molecule has 1 saturated heterocycles. The molecule has 120 valence electrons. The highest BCUT2D eigenvalue weighted by Crippen LogP contribution is 2.32. The van der Waals surface area contributed by atoms with Crippen LogP contribution in [0.1, 0.15) is 12.8 Å². The molecule has 21 heavy (non-hydrogen) atoms. The number of likely N-dealkylation sites (N-methyl/N-ethyl adjacent to an activating group) is 2. The first-order valence-electron chi connectivity index (χ1n) is 6.89. The van der Waals surface area contributed by atoms with Crippen LogP contribution in [0.3, 0.4) is 0 Å². The fraction of sp³-hybridized carbons (Fsp3) is 0.600. The molecular weight excluding hydrogens is 290 g/mol. The minimum absolute atomic E-state index is 0. The highest BCUT2D eigenvalue weighted by Gasteiger charge is 2.44. The Hall–Kier alpha value is -1.33. The highest BCUT2D eigenvalue weighted by atomic mass is 35.5. The zero-order valence-corrected chi connectivity index (χ0v) is 13.7. The van der Waals surface area contributed by atoms with E-state index in [0.29, 0.717) is 26.1 Å². The standard InChI is InChI=1S/C15H25N3O2.ClH/c1-5-9-17(3)13(19)11-15(7-8-16-12-15)14(20)18(4)10-6-2;/h5-6,16H,1-2,7-12H2,3-4H3;1H.